The van der Waals surface area contributed by atoms with Gasteiger partial charge in [0.1, 0.15) is 0 Å². The van der Waals surface area contributed by atoms with E-state index in [2.05, 4.69) is 0 Å². The van der Waals surface area contributed by atoms with Crippen LogP contribution >= 0.6 is 7.82 Å². The van der Waals surface area contributed by atoms with Crippen LogP contribution in [0.5, 0.6) is 0 Å². The molecule has 3 N–H and O–H groups in total. The van der Waals surface area contributed by atoms with E-state index >= 15 is 0 Å². The van der Waals surface area contributed by atoms with Crippen LogP contribution in [0.2, 0.25) is 0 Å². The first kappa shape index (κ1) is 22.5. The van der Waals surface area contributed by atoms with E-state index in [9.17, 15) is 0 Å². The molecular weight excluding hydrogens is 207 g/mol. The summed E-state index contributed by atoms with van der Waals surface area (Å²) in [6, 6.07) is 0. The third-order valence-corrected chi connectivity index (χ3v) is 0. The van der Waals surface area contributed by atoms with Crippen LogP contribution < -0.4 is 9.79 Å². The van der Waals surface area contributed by atoms with Gasteiger partial charge in [-0.3, -0.25) is 0 Å². The summed E-state index contributed by atoms with van der Waals surface area (Å²) in [6.45, 7) is 0. The van der Waals surface area contributed by atoms with Crippen molar-refractivity contribution in [2.24, 2.45) is 0 Å². The smallest absolute Gasteiger partial charge is 0.790 e. The van der Waals surface area contributed by atoms with Gasteiger partial charge in [-0.1, -0.05) is 0 Å². The second-order valence-corrected chi connectivity index (χ2v) is 1.41. The zero-order chi connectivity index (χ0) is 4.50. The molecule has 0 radical (unpaired) electrons. The van der Waals surface area contributed by atoms with Gasteiger partial charge >= 0.3 is 37.7 Å². The van der Waals surface area contributed by atoms with Crippen molar-refractivity contribution in [2.45, 2.75) is 0 Å². The second-order valence-electron chi connectivity index (χ2n) is 0.469. The Bertz CT molecular complexity index is 58.6. The molecule has 0 aromatic carbocycles. The molecule has 0 atom stereocenters. The summed E-state index contributed by atoms with van der Waals surface area (Å²) in [5.74, 6) is 0. The first-order chi connectivity index (χ1) is 2.00. The Morgan fingerprint density at radius 2 is 1.38 bits per heavy atom. The van der Waals surface area contributed by atoms with E-state index in [1.54, 1.807) is 0 Å². The molecule has 0 aliphatic heterocycles. The molecular formula is H3CaFeO5P. The minimum absolute atomic E-state index is 0. The quantitative estimate of drug-likeness (QED) is 0.331. The van der Waals surface area contributed by atoms with E-state index in [4.69, 9.17) is 19.2 Å². The topological polar surface area (TPSA) is 115 Å². The predicted molar refractivity (Wildman–Crippen MR) is 19.2 cm³/mol. The molecule has 0 aliphatic carbocycles. The Balaban J connectivity index is -0.0000000267. The molecule has 0 rings (SSSR count). The van der Waals surface area contributed by atoms with Gasteiger partial charge in [0, 0.05) is 17.1 Å². The van der Waals surface area contributed by atoms with E-state index < -0.39 is 7.82 Å². The van der Waals surface area contributed by atoms with Crippen LogP contribution in [0.15, 0.2) is 0 Å². The fraction of sp³-hybridized carbons (Fsp3) is 0. The van der Waals surface area contributed by atoms with Crippen LogP contribution in [0.25, 0.3) is 0 Å². The molecule has 0 unspecified atom stereocenters. The number of hydrogen-bond acceptors (Lipinski definition) is 3. The van der Waals surface area contributed by atoms with Gasteiger partial charge in [0.2, 0.25) is 0 Å². The molecule has 0 fully saturated rings. The first-order valence-corrected chi connectivity index (χ1v) is 2.24. The molecule has 0 aliphatic rings. The van der Waals surface area contributed by atoms with E-state index in [0.29, 0.717) is 0 Å². The summed E-state index contributed by atoms with van der Waals surface area (Å²) in [4.78, 5) is 24.3. The van der Waals surface area contributed by atoms with Gasteiger partial charge in [0.05, 0.1) is 7.82 Å². The molecule has 0 amide bonds. The largest absolute Gasteiger partial charge is 2.00 e. The second kappa shape index (κ2) is 8.85. The predicted octanol–water partition coefficient (Wildman–Crippen LogP) is -3.40. The van der Waals surface area contributed by atoms with E-state index in [0.717, 1.165) is 0 Å². The van der Waals surface area contributed by atoms with Crippen LogP contribution in [-0.4, -0.2) is 48.1 Å². The molecule has 8 heteroatoms. The molecule has 5 nitrogen and oxygen atoms in total. The number of rotatable bonds is 0. The van der Waals surface area contributed by atoms with Crippen LogP contribution in [0.3, 0.4) is 0 Å². The summed E-state index contributed by atoms with van der Waals surface area (Å²) in [7, 11) is -5.14. The first-order valence-electron chi connectivity index (χ1n) is 0.748. The fourth-order valence-electron chi connectivity index (χ4n) is 0. The van der Waals surface area contributed by atoms with Gasteiger partial charge in [-0.15, -0.1) is 0 Å². The molecule has 8 heavy (non-hydrogen) atoms. The van der Waals surface area contributed by atoms with Crippen molar-refractivity contribution in [3.8, 4) is 0 Å². The Morgan fingerprint density at radius 1 is 1.38 bits per heavy atom. The van der Waals surface area contributed by atoms with Gasteiger partial charge in [0.15, 0.2) is 0 Å². The normalized spacial score (nSPS) is 7.38. The van der Waals surface area contributed by atoms with Crippen molar-refractivity contribution >= 4 is 45.6 Å². The average molecular weight is 210 g/mol. The standard InChI is InChI=1S/Ca.Fe.H3O4P.H2O/c;;1-5(2,3)4;/h;;(H3,1,2,3,4);1H2/q+2;;;/p-2. The van der Waals surface area contributed by atoms with Crippen molar-refractivity contribution in [1.82, 2.24) is 0 Å². The maximum absolute atomic E-state index is 8.66. The van der Waals surface area contributed by atoms with Crippen molar-refractivity contribution in [2.75, 3.05) is 0 Å². The van der Waals surface area contributed by atoms with Gasteiger partial charge < -0.3 is 24.7 Å². The minimum atomic E-state index is -5.14. The number of hydrogen-bond donors (Lipinski definition) is 1. The molecule has 0 spiro atoms. The van der Waals surface area contributed by atoms with Gasteiger partial charge in [-0.2, -0.15) is 0 Å². The third kappa shape index (κ3) is 108. The summed E-state index contributed by atoms with van der Waals surface area (Å²) >= 11 is 0. The molecule has 0 saturated heterocycles. The van der Waals surface area contributed by atoms with Crippen LogP contribution in [0, 0.1) is 0 Å². The SMILES string of the molecule is O.O=P([O-])([O-])O.[Ca+2].[Fe]. The maximum atomic E-state index is 8.66. The zero-order valence-corrected chi connectivity index (χ0v) is 7.89. The Morgan fingerprint density at radius 3 is 1.38 bits per heavy atom. The maximum Gasteiger partial charge on any atom is 2.00 e. The van der Waals surface area contributed by atoms with Crippen molar-refractivity contribution in [3.63, 3.8) is 0 Å². The molecule has 0 bridgehead atoms. The minimum Gasteiger partial charge on any atom is -0.790 e. The van der Waals surface area contributed by atoms with Crippen LogP contribution in [0.1, 0.15) is 0 Å². The van der Waals surface area contributed by atoms with Crippen LogP contribution in [-0.2, 0) is 21.6 Å². The summed E-state index contributed by atoms with van der Waals surface area (Å²) < 4.78 is 8.66. The Labute approximate surface area is 86.5 Å². The fourth-order valence-corrected chi connectivity index (χ4v) is 0. The summed E-state index contributed by atoms with van der Waals surface area (Å²) in [5, 5.41) is 0. The van der Waals surface area contributed by atoms with Crippen molar-refractivity contribution in [3.05, 3.63) is 0 Å². The van der Waals surface area contributed by atoms with E-state index in [-0.39, 0.29) is 60.3 Å². The Kier molecular flexibility index (Phi) is 24.9. The summed E-state index contributed by atoms with van der Waals surface area (Å²) in [5.41, 5.74) is 0. The zero-order valence-electron chi connectivity index (χ0n) is 3.68. The Hall–Kier alpha value is 1.85. The molecule has 0 heterocycles. The average Bonchev–Trinajstić information content (AvgIpc) is 0.722. The van der Waals surface area contributed by atoms with Crippen molar-refractivity contribution in [1.29, 1.82) is 0 Å². The summed E-state index contributed by atoms with van der Waals surface area (Å²) in [6.07, 6.45) is 0. The van der Waals surface area contributed by atoms with E-state index in [1.165, 1.54) is 0 Å². The molecule has 0 aromatic heterocycles. The van der Waals surface area contributed by atoms with Gasteiger partial charge in [0.25, 0.3) is 0 Å². The monoisotopic (exact) mass is 210 g/mol. The van der Waals surface area contributed by atoms with Crippen molar-refractivity contribution < 1.29 is 41.8 Å². The molecule has 0 aromatic rings. The third-order valence-electron chi connectivity index (χ3n) is 0. The molecule has 48 valence electrons. The number of phosphoric acid groups is 1. The molecule has 0 saturated carbocycles. The van der Waals surface area contributed by atoms with Crippen LogP contribution in [0.4, 0.5) is 0 Å². The van der Waals surface area contributed by atoms with Gasteiger partial charge in [-0.05, 0) is 0 Å². The van der Waals surface area contributed by atoms with Gasteiger partial charge in [-0.25, -0.2) is 0 Å². The van der Waals surface area contributed by atoms with E-state index in [1.807, 2.05) is 0 Å².